The third-order valence-corrected chi connectivity index (χ3v) is 10.2. The van der Waals surface area contributed by atoms with Crippen LogP contribution in [0.5, 0.6) is 5.75 Å². The molecule has 3 rings (SSSR count). The molecule has 0 aromatic heterocycles. The summed E-state index contributed by atoms with van der Waals surface area (Å²) < 4.78 is 6.15. The lowest BCUT2D eigenvalue weighted by Crippen LogP contribution is -2.43. The van der Waals surface area contributed by atoms with E-state index in [0.717, 1.165) is 30.4 Å². The molecule has 0 bridgehead atoms. The molecule has 46 heavy (non-hydrogen) atoms. The van der Waals surface area contributed by atoms with Crippen molar-refractivity contribution < 1.29 is 24.5 Å². The fourth-order valence-corrected chi connectivity index (χ4v) is 6.96. The van der Waals surface area contributed by atoms with Crippen molar-refractivity contribution in [2.24, 2.45) is 23.7 Å². The number of aliphatic hydroxyl groups is 1. The van der Waals surface area contributed by atoms with Crippen LogP contribution < -0.4 is 0 Å². The smallest absolute Gasteiger partial charge is 0.355 e. The highest BCUT2D eigenvalue weighted by molar-refractivity contribution is 5.91. The van der Waals surface area contributed by atoms with Gasteiger partial charge < -0.3 is 19.8 Å². The van der Waals surface area contributed by atoms with Gasteiger partial charge in [-0.15, -0.1) is 0 Å². The molecule has 0 saturated heterocycles. The Morgan fingerprint density at radius 1 is 1.17 bits per heavy atom. The Morgan fingerprint density at radius 3 is 2.52 bits per heavy atom. The van der Waals surface area contributed by atoms with Crippen molar-refractivity contribution in [1.29, 1.82) is 0 Å². The fourth-order valence-electron chi connectivity index (χ4n) is 6.96. The molecule has 6 heteroatoms. The summed E-state index contributed by atoms with van der Waals surface area (Å²) in [5.74, 6) is 0.925. The molecule has 1 aromatic carbocycles. The largest absolute Gasteiger partial charge is 0.508 e. The highest BCUT2D eigenvalue weighted by Gasteiger charge is 2.48. The van der Waals surface area contributed by atoms with Gasteiger partial charge in [0.15, 0.2) is 0 Å². The van der Waals surface area contributed by atoms with Gasteiger partial charge in [-0.05, 0) is 107 Å². The summed E-state index contributed by atoms with van der Waals surface area (Å²) >= 11 is 0. The minimum Gasteiger partial charge on any atom is -0.508 e. The highest BCUT2D eigenvalue weighted by atomic mass is 16.6. The predicted molar refractivity (Wildman–Crippen MR) is 187 cm³/mol. The minimum atomic E-state index is -0.788. The molecule has 0 radical (unpaired) electrons. The van der Waals surface area contributed by atoms with E-state index in [1.165, 1.54) is 12.0 Å². The van der Waals surface area contributed by atoms with Crippen LogP contribution in [0, 0.1) is 23.7 Å². The van der Waals surface area contributed by atoms with Gasteiger partial charge >= 0.3 is 5.97 Å². The van der Waals surface area contributed by atoms with Crippen molar-refractivity contribution >= 4 is 11.8 Å². The molecule has 7 atom stereocenters. The summed E-state index contributed by atoms with van der Waals surface area (Å²) in [4.78, 5) is 28.5. The first kappa shape index (κ1) is 37.3. The van der Waals surface area contributed by atoms with Crippen LogP contribution in [-0.2, 0) is 20.7 Å². The molecule has 1 aromatic rings. The molecule has 2 N–H and O–H groups in total. The van der Waals surface area contributed by atoms with E-state index in [1.807, 2.05) is 50.9 Å². The summed E-state index contributed by atoms with van der Waals surface area (Å²) in [5.41, 5.74) is 2.88. The third-order valence-electron chi connectivity index (χ3n) is 10.2. The van der Waals surface area contributed by atoms with Crippen LogP contribution in [0.3, 0.4) is 0 Å². The number of esters is 1. The van der Waals surface area contributed by atoms with Crippen LogP contribution in [0.4, 0.5) is 0 Å². The van der Waals surface area contributed by atoms with E-state index in [-0.39, 0.29) is 29.4 Å². The van der Waals surface area contributed by atoms with Gasteiger partial charge in [0.1, 0.15) is 22.8 Å². The Kier molecular flexibility index (Phi) is 13.9. The second-order valence-electron chi connectivity index (χ2n) is 14.4. The van der Waals surface area contributed by atoms with Crippen molar-refractivity contribution in [1.82, 2.24) is 4.90 Å². The summed E-state index contributed by atoms with van der Waals surface area (Å²) in [6, 6.07) is 6.63. The number of carbonyl (C=O) groups excluding carboxylic acids is 2. The van der Waals surface area contributed by atoms with Crippen molar-refractivity contribution in [3.05, 3.63) is 77.6 Å². The summed E-state index contributed by atoms with van der Waals surface area (Å²) in [7, 11) is 1.86. The third kappa shape index (κ3) is 10.4. The number of phenols is 1. The van der Waals surface area contributed by atoms with Gasteiger partial charge in [-0.2, -0.15) is 0 Å². The molecule has 2 aliphatic rings. The average molecular weight is 634 g/mol. The molecule has 0 amide bonds. The topological polar surface area (TPSA) is 87.1 Å². The molecular weight excluding hydrogens is 574 g/mol. The van der Waals surface area contributed by atoms with E-state index in [2.05, 4.69) is 45.6 Å². The summed E-state index contributed by atoms with van der Waals surface area (Å²) in [6.07, 6.45) is 15.0. The van der Waals surface area contributed by atoms with Gasteiger partial charge in [0, 0.05) is 19.4 Å². The molecule has 1 aliphatic carbocycles. The number of carbonyl (C=O) groups is 2. The Bertz CT molecular complexity index is 1270. The van der Waals surface area contributed by atoms with Crippen LogP contribution >= 0.6 is 0 Å². The lowest BCUT2D eigenvalue weighted by atomic mass is 9.69. The quantitative estimate of drug-likeness (QED) is 0.132. The van der Waals surface area contributed by atoms with E-state index < -0.39 is 17.7 Å². The van der Waals surface area contributed by atoms with E-state index in [0.29, 0.717) is 56.1 Å². The zero-order valence-electron chi connectivity index (χ0n) is 29.4. The van der Waals surface area contributed by atoms with Crippen molar-refractivity contribution in [2.45, 2.75) is 123 Å². The number of hydrogen-bond donors (Lipinski definition) is 2. The SMILES string of the molecule is C=C1CC[C@@]2(C=C(N(C)[C@@H](Cc3ccc(O)cc3)[C@H](O)CC/C=C/[C@H](C)C[C@H](C)CC)C(=O)O2)C[C@@H]1[C@H](C)C(=O)CCC=C(C)C. The Balaban J connectivity index is 1.78. The van der Waals surface area contributed by atoms with E-state index in [9.17, 15) is 19.8 Å². The molecule has 1 aliphatic heterocycles. The van der Waals surface area contributed by atoms with Crippen LogP contribution in [0.2, 0.25) is 0 Å². The van der Waals surface area contributed by atoms with E-state index in [4.69, 9.17) is 4.74 Å². The number of Topliss-reactive ketones (excluding diaryl/α,β-unsaturated/α-hetero) is 1. The van der Waals surface area contributed by atoms with Crippen molar-refractivity contribution in [2.75, 3.05) is 7.05 Å². The second-order valence-corrected chi connectivity index (χ2v) is 14.4. The summed E-state index contributed by atoms with van der Waals surface area (Å²) in [5, 5.41) is 21.4. The normalized spacial score (nSPS) is 23.0. The van der Waals surface area contributed by atoms with Crippen molar-refractivity contribution in [3.63, 3.8) is 0 Å². The van der Waals surface area contributed by atoms with Crippen LogP contribution in [-0.4, -0.2) is 51.7 Å². The first-order valence-electron chi connectivity index (χ1n) is 17.4. The van der Waals surface area contributed by atoms with Gasteiger partial charge in [-0.1, -0.05) is 82.2 Å². The van der Waals surface area contributed by atoms with Crippen LogP contribution in [0.25, 0.3) is 0 Å². The number of benzene rings is 1. The number of phenolic OH excluding ortho intramolecular Hbond substituents is 1. The molecular formula is C40H59NO5. The van der Waals surface area contributed by atoms with Gasteiger partial charge in [-0.3, -0.25) is 4.79 Å². The Hall–Kier alpha value is -3.12. The molecule has 0 unspecified atom stereocenters. The maximum atomic E-state index is 13.5. The van der Waals surface area contributed by atoms with Gasteiger partial charge in [0.05, 0.1) is 12.1 Å². The number of ether oxygens (including phenoxy) is 1. The number of ketones is 1. The van der Waals surface area contributed by atoms with E-state index in [1.54, 1.807) is 12.1 Å². The maximum Gasteiger partial charge on any atom is 0.355 e. The molecule has 1 heterocycles. The van der Waals surface area contributed by atoms with E-state index >= 15 is 0 Å². The predicted octanol–water partition coefficient (Wildman–Crippen LogP) is 8.49. The second kappa shape index (κ2) is 17.2. The molecule has 1 fully saturated rings. The molecule has 6 nitrogen and oxygen atoms in total. The Morgan fingerprint density at radius 2 is 1.87 bits per heavy atom. The van der Waals surface area contributed by atoms with Crippen LogP contribution in [0.1, 0.15) is 105 Å². The number of aromatic hydroxyl groups is 1. The average Bonchev–Trinajstić information content (AvgIpc) is 3.34. The van der Waals surface area contributed by atoms with Gasteiger partial charge in [0.25, 0.3) is 0 Å². The fraction of sp³-hybridized carbons (Fsp3) is 0.600. The number of aliphatic hydroxyl groups excluding tert-OH is 1. The molecule has 1 saturated carbocycles. The highest BCUT2D eigenvalue weighted by Crippen LogP contribution is 2.46. The Labute approximate surface area is 278 Å². The van der Waals surface area contributed by atoms with Gasteiger partial charge in [0.2, 0.25) is 0 Å². The zero-order chi connectivity index (χ0) is 34.0. The lowest BCUT2D eigenvalue weighted by molar-refractivity contribution is -0.151. The first-order valence-corrected chi connectivity index (χ1v) is 17.4. The number of nitrogens with zero attached hydrogens (tertiary/aromatic N) is 1. The number of allylic oxidation sites excluding steroid dienone is 5. The minimum absolute atomic E-state index is 0.0606. The summed E-state index contributed by atoms with van der Waals surface area (Å²) in [6.45, 7) is 17.1. The lowest BCUT2D eigenvalue weighted by Gasteiger charge is -2.39. The molecule has 254 valence electrons. The zero-order valence-corrected chi connectivity index (χ0v) is 29.4. The monoisotopic (exact) mass is 633 g/mol. The van der Waals surface area contributed by atoms with Crippen molar-refractivity contribution in [3.8, 4) is 5.75 Å². The number of likely N-dealkylation sites (N-methyl/N-ethyl adjacent to an activating group) is 1. The number of rotatable bonds is 17. The standard InChI is InChI=1S/C40H59NO5/c1-9-28(4)23-29(5)14-10-11-15-38(44)35(24-32-17-19-33(42)20-18-32)41(8)36-26-40(46-39(36)45)22-21-30(6)34(25-40)31(7)37(43)16-12-13-27(2)3/h10,13-14,17-20,26,28-29,31,34-35,38,42,44H,6,9,11-12,15-16,21-25H2,1-5,7-8H3/b14-10+/t28-,29+,31+,34+,35+,38-,40+/m1/s1. The number of hydrogen-bond acceptors (Lipinski definition) is 6. The first-order chi connectivity index (χ1) is 21.7. The van der Waals surface area contributed by atoms with Gasteiger partial charge in [-0.25, -0.2) is 4.79 Å². The molecule has 1 spiro atoms. The maximum absolute atomic E-state index is 13.5. The van der Waals surface area contributed by atoms with Crippen LogP contribution in [0.15, 0.2) is 72.0 Å².